The molecule has 1 aliphatic rings. The molecule has 8 nitrogen and oxygen atoms in total. The molecule has 1 aromatic heterocycles. The number of pyridine rings is 1. The highest BCUT2D eigenvalue weighted by atomic mass is 16.7. The molecule has 2 N–H and O–H groups in total. The van der Waals surface area contributed by atoms with Crippen LogP contribution < -0.4 is 5.32 Å². The standard InChI is InChI=1S/C18H25N3O5/c1-6-25-16(26-7-2)11-8-12(15(22)23)13(19-9-11)14-20-17(24)18(5,21-14)10(3)4/h8-10,16H,6-7H2,1-5H3,(H,22,23)(H,20,21,24). The molecule has 2 heterocycles. The zero-order chi connectivity index (χ0) is 19.5. The lowest BCUT2D eigenvalue weighted by Gasteiger charge is -2.21. The zero-order valence-electron chi connectivity index (χ0n) is 15.7. The number of aliphatic imine (C=N–C) groups is 1. The smallest absolute Gasteiger partial charge is 0.338 e. The van der Waals surface area contributed by atoms with Crippen molar-refractivity contribution in [2.24, 2.45) is 10.9 Å². The first-order chi connectivity index (χ1) is 12.2. The molecular formula is C18H25N3O5. The van der Waals surface area contributed by atoms with Gasteiger partial charge in [-0.15, -0.1) is 0 Å². The Labute approximate surface area is 152 Å². The van der Waals surface area contributed by atoms with Crippen molar-refractivity contribution in [1.82, 2.24) is 10.3 Å². The van der Waals surface area contributed by atoms with E-state index in [9.17, 15) is 14.7 Å². The minimum absolute atomic E-state index is 0.0483. The summed E-state index contributed by atoms with van der Waals surface area (Å²) in [5.41, 5.74) is -0.416. The van der Waals surface area contributed by atoms with Crippen LogP contribution >= 0.6 is 0 Å². The molecule has 1 unspecified atom stereocenters. The van der Waals surface area contributed by atoms with Crippen molar-refractivity contribution in [2.45, 2.75) is 46.4 Å². The molecule has 0 saturated heterocycles. The maximum atomic E-state index is 12.3. The van der Waals surface area contributed by atoms with E-state index in [1.54, 1.807) is 6.92 Å². The third-order valence-electron chi connectivity index (χ3n) is 4.43. The molecule has 1 amide bonds. The Morgan fingerprint density at radius 2 is 1.92 bits per heavy atom. The van der Waals surface area contributed by atoms with E-state index in [0.29, 0.717) is 18.8 Å². The number of hydrogen-bond acceptors (Lipinski definition) is 6. The van der Waals surface area contributed by atoms with Gasteiger partial charge in [0.15, 0.2) is 12.1 Å². The molecule has 142 valence electrons. The van der Waals surface area contributed by atoms with Crippen LogP contribution in [0.2, 0.25) is 0 Å². The van der Waals surface area contributed by atoms with Crippen molar-refractivity contribution in [2.75, 3.05) is 13.2 Å². The number of amides is 1. The van der Waals surface area contributed by atoms with Gasteiger partial charge in [0.1, 0.15) is 11.2 Å². The Morgan fingerprint density at radius 1 is 1.31 bits per heavy atom. The molecule has 0 bridgehead atoms. The second-order valence-electron chi connectivity index (χ2n) is 6.43. The summed E-state index contributed by atoms with van der Waals surface area (Å²) >= 11 is 0. The number of carbonyl (C=O) groups is 2. The molecule has 2 rings (SSSR count). The number of ether oxygens (including phenoxy) is 2. The Morgan fingerprint density at radius 3 is 2.38 bits per heavy atom. The van der Waals surface area contributed by atoms with Crippen molar-refractivity contribution >= 4 is 17.7 Å². The fourth-order valence-electron chi connectivity index (χ4n) is 2.55. The number of nitrogens with one attached hydrogen (secondary N) is 1. The Bertz CT molecular complexity index is 726. The molecule has 0 aliphatic carbocycles. The first kappa shape index (κ1) is 20.0. The lowest BCUT2D eigenvalue weighted by molar-refractivity contribution is -0.140. The number of hydrogen-bond donors (Lipinski definition) is 2. The predicted octanol–water partition coefficient (Wildman–Crippen LogP) is 2.14. The number of aromatic carboxylic acids is 1. The lowest BCUT2D eigenvalue weighted by Crippen LogP contribution is -2.41. The molecular weight excluding hydrogens is 338 g/mol. The highest BCUT2D eigenvalue weighted by Crippen LogP contribution is 2.28. The monoisotopic (exact) mass is 363 g/mol. The lowest BCUT2D eigenvalue weighted by atomic mass is 9.89. The highest BCUT2D eigenvalue weighted by Gasteiger charge is 2.43. The van der Waals surface area contributed by atoms with E-state index >= 15 is 0 Å². The first-order valence-electron chi connectivity index (χ1n) is 8.62. The van der Waals surface area contributed by atoms with Crippen molar-refractivity contribution in [3.63, 3.8) is 0 Å². The SMILES string of the molecule is CCOC(OCC)c1cnc(C2=NC(C)(C(C)C)C(=O)N2)c(C(=O)O)c1. The minimum atomic E-state index is -1.17. The van der Waals surface area contributed by atoms with Crippen LogP contribution in [0.25, 0.3) is 0 Å². The van der Waals surface area contributed by atoms with Gasteiger partial charge in [-0.1, -0.05) is 13.8 Å². The van der Waals surface area contributed by atoms with Crippen LogP contribution in [0.3, 0.4) is 0 Å². The highest BCUT2D eigenvalue weighted by molar-refractivity contribution is 6.17. The average Bonchev–Trinajstić information content (AvgIpc) is 2.90. The Kier molecular flexibility index (Phi) is 6.09. The van der Waals surface area contributed by atoms with E-state index < -0.39 is 17.8 Å². The average molecular weight is 363 g/mol. The molecule has 8 heteroatoms. The van der Waals surface area contributed by atoms with E-state index in [1.807, 2.05) is 27.7 Å². The summed E-state index contributed by atoms with van der Waals surface area (Å²) in [4.78, 5) is 32.7. The van der Waals surface area contributed by atoms with Crippen LogP contribution in [0.4, 0.5) is 0 Å². The summed E-state index contributed by atoms with van der Waals surface area (Å²) in [6.45, 7) is 9.94. The van der Waals surface area contributed by atoms with Gasteiger partial charge in [-0.3, -0.25) is 9.78 Å². The van der Waals surface area contributed by atoms with Gasteiger partial charge in [-0.05, 0) is 32.8 Å². The second kappa shape index (κ2) is 7.92. The summed E-state index contributed by atoms with van der Waals surface area (Å²) in [6.07, 6.45) is 0.781. The molecule has 1 atom stereocenters. The predicted molar refractivity (Wildman–Crippen MR) is 95.1 cm³/mol. The van der Waals surface area contributed by atoms with Gasteiger partial charge in [0, 0.05) is 25.0 Å². The number of amidine groups is 1. The minimum Gasteiger partial charge on any atom is -0.478 e. The summed E-state index contributed by atoms with van der Waals surface area (Å²) in [5, 5.41) is 12.3. The largest absolute Gasteiger partial charge is 0.478 e. The number of carbonyl (C=O) groups excluding carboxylic acids is 1. The van der Waals surface area contributed by atoms with Crippen LogP contribution in [0.1, 0.15) is 62.5 Å². The number of rotatable bonds is 8. The van der Waals surface area contributed by atoms with Crippen molar-refractivity contribution in [3.8, 4) is 0 Å². The summed E-state index contributed by atoms with van der Waals surface area (Å²) < 4.78 is 11.0. The molecule has 1 aliphatic heterocycles. The van der Waals surface area contributed by atoms with Crippen LogP contribution in [0, 0.1) is 5.92 Å². The molecule has 26 heavy (non-hydrogen) atoms. The van der Waals surface area contributed by atoms with Crippen molar-refractivity contribution in [3.05, 3.63) is 29.1 Å². The fraction of sp³-hybridized carbons (Fsp3) is 0.556. The molecule has 0 fully saturated rings. The van der Waals surface area contributed by atoms with Gasteiger partial charge in [0.25, 0.3) is 5.91 Å². The molecule has 1 aromatic rings. The van der Waals surface area contributed by atoms with Gasteiger partial charge in [-0.25, -0.2) is 9.79 Å². The van der Waals surface area contributed by atoms with Crippen LogP contribution in [0.15, 0.2) is 17.3 Å². The zero-order valence-corrected chi connectivity index (χ0v) is 15.7. The normalized spacial score (nSPS) is 19.8. The van der Waals surface area contributed by atoms with Crippen molar-refractivity contribution < 1.29 is 24.2 Å². The van der Waals surface area contributed by atoms with Gasteiger partial charge in [0.2, 0.25) is 0 Å². The topological polar surface area (TPSA) is 110 Å². The van der Waals surface area contributed by atoms with E-state index in [4.69, 9.17) is 9.47 Å². The van der Waals surface area contributed by atoms with Gasteiger partial charge < -0.3 is 19.9 Å². The summed E-state index contributed by atoms with van der Waals surface area (Å²) in [5.74, 6) is -1.32. The van der Waals surface area contributed by atoms with E-state index in [2.05, 4.69) is 15.3 Å². The van der Waals surface area contributed by atoms with Crippen LogP contribution in [-0.4, -0.2) is 46.6 Å². The van der Waals surface area contributed by atoms with Crippen molar-refractivity contribution in [1.29, 1.82) is 0 Å². The van der Waals surface area contributed by atoms with Gasteiger partial charge >= 0.3 is 5.97 Å². The van der Waals surface area contributed by atoms with E-state index in [1.165, 1.54) is 12.3 Å². The van der Waals surface area contributed by atoms with E-state index in [0.717, 1.165) is 0 Å². The third-order valence-corrected chi connectivity index (χ3v) is 4.43. The van der Waals surface area contributed by atoms with E-state index in [-0.39, 0.29) is 28.9 Å². The Balaban J connectivity index is 2.48. The molecule has 0 spiro atoms. The van der Waals surface area contributed by atoms with Gasteiger partial charge in [-0.2, -0.15) is 0 Å². The third kappa shape index (κ3) is 3.76. The summed E-state index contributed by atoms with van der Waals surface area (Å²) in [6, 6.07) is 1.44. The van der Waals surface area contributed by atoms with Crippen LogP contribution in [0.5, 0.6) is 0 Å². The number of carboxylic acid groups (broad SMARTS) is 1. The quantitative estimate of drug-likeness (QED) is 0.685. The summed E-state index contributed by atoms with van der Waals surface area (Å²) in [7, 11) is 0. The number of nitrogens with zero attached hydrogens (tertiary/aromatic N) is 2. The fourth-order valence-corrected chi connectivity index (χ4v) is 2.55. The maximum absolute atomic E-state index is 12.3. The molecule has 0 aromatic carbocycles. The molecule has 0 saturated carbocycles. The van der Waals surface area contributed by atoms with Crippen LogP contribution in [-0.2, 0) is 14.3 Å². The maximum Gasteiger partial charge on any atom is 0.338 e. The van der Waals surface area contributed by atoms with Gasteiger partial charge in [0.05, 0.1) is 5.56 Å². The number of carboxylic acids is 1. The number of aromatic nitrogens is 1. The first-order valence-corrected chi connectivity index (χ1v) is 8.62. The second-order valence-corrected chi connectivity index (χ2v) is 6.43. The Hall–Kier alpha value is -2.32. The molecule has 0 radical (unpaired) electrons.